The lowest BCUT2D eigenvalue weighted by molar-refractivity contribution is 0.206. The van der Waals surface area contributed by atoms with Crippen LogP contribution < -0.4 is 5.56 Å². The summed E-state index contributed by atoms with van der Waals surface area (Å²) >= 11 is 1.63. The van der Waals surface area contributed by atoms with Crippen LogP contribution in [-0.2, 0) is 6.67 Å². The SMILES string of the molecule is CN(Cn1nc(-c2cccs2)c2ccccc2c1=O)C(c1ccccc1)c1ccccc1. The van der Waals surface area contributed by atoms with E-state index in [-0.39, 0.29) is 11.6 Å². The molecule has 0 atom stereocenters. The lowest BCUT2D eigenvalue weighted by atomic mass is 9.98. The molecule has 0 aliphatic carbocycles. The molecule has 0 unspecified atom stereocenters. The van der Waals surface area contributed by atoms with Gasteiger partial charge in [-0.3, -0.25) is 9.69 Å². The van der Waals surface area contributed by atoms with Crippen molar-refractivity contribution < 1.29 is 0 Å². The van der Waals surface area contributed by atoms with Gasteiger partial charge in [-0.1, -0.05) is 84.9 Å². The Morgan fingerprint density at radius 1 is 0.812 bits per heavy atom. The van der Waals surface area contributed by atoms with Crippen LogP contribution in [0.25, 0.3) is 21.3 Å². The maximum Gasteiger partial charge on any atom is 0.275 e. The Labute approximate surface area is 191 Å². The number of benzene rings is 3. The molecule has 158 valence electrons. The fourth-order valence-corrected chi connectivity index (χ4v) is 4.91. The van der Waals surface area contributed by atoms with Crippen LogP contribution in [0.4, 0.5) is 0 Å². The number of rotatable bonds is 6. The molecule has 0 aliphatic rings. The van der Waals surface area contributed by atoms with Gasteiger partial charge in [-0.2, -0.15) is 5.10 Å². The van der Waals surface area contributed by atoms with Crippen molar-refractivity contribution in [3.05, 3.63) is 124 Å². The summed E-state index contributed by atoms with van der Waals surface area (Å²) in [5, 5.41) is 8.44. The lowest BCUT2D eigenvalue weighted by Crippen LogP contribution is -2.34. The fourth-order valence-electron chi connectivity index (χ4n) is 4.19. The largest absolute Gasteiger partial charge is 0.276 e. The average Bonchev–Trinajstić information content (AvgIpc) is 3.37. The third-order valence-electron chi connectivity index (χ3n) is 5.65. The Kier molecular flexibility index (Phi) is 5.67. The van der Waals surface area contributed by atoms with E-state index in [4.69, 9.17) is 5.10 Å². The van der Waals surface area contributed by atoms with Gasteiger partial charge in [0.25, 0.3) is 5.56 Å². The molecule has 4 nitrogen and oxygen atoms in total. The van der Waals surface area contributed by atoms with Gasteiger partial charge in [0.05, 0.1) is 23.0 Å². The summed E-state index contributed by atoms with van der Waals surface area (Å²) in [5.41, 5.74) is 3.12. The van der Waals surface area contributed by atoms with Crippen LogP contribution in [0, 0.1) is 0 Å². The topological polar surface area (TPSA) is 38.1 Å². The number of fused-ring (bicyclic) bond motifs is 1. The van der Waals surface area contributed by atoms with Crippen molar-refractivity contribution in [2.24, 2.45) is 0 Å². The molecular formula is C27H23N3OS. The van der Waals surface area contributed by atoms with Crippen molar-refractivity contribution in [1.29, 1.82) is 0 Å². The third kappa shape index (κ3) is 3.88. The highest BCUT2D eigenvalue weighted by atomic mass is 32.1. The van der Waals surface area contributed by atoms with Gasteiger partial charge in [0.15, 0.2) is 0 Å². The van der Waals surface area contributed by atoms with E-state index >= 15 is 0 Å². The first-order valence-electron chi connectivity index (χ1n) is 10.6. The van der Waals surface area contributed by atoms with E-state index in [9.17, 15) is 4.79 Å². The minimum atomic E-state index is -0.0763. The molecule has 0 saturated heterocycles. The molecule has 5 heteroatoms. The van der Waals surface area contributed by atoms with E-state index in [2.05, 4.69) is 59.5 Å². The molecule has 0 bridgehead atoms. The quantitative estimate of drug-likeness (QED) is 0.337. The molecule has 0 N–H and O–H groups in total. The molecule has 5 aromatic rings. The smallest absolute Gasteiger partial charge is 0.275 e. The predicted molar refractivity (Wildman–Crippen MR) is 132 cm³/mol. The second kappa shape index (κ2) is 8.91. The van der Waals surface area contributed by atoms with Crippen molar-refractivity contribution in [1.82, 2.24) is 14.7 Å². The molecule has 2 heterocycles. The van der Waals surface area contributed by atoms with Crippen molar-refractivity contribution >= 4 is 22.1 Å². The lowest BCUT2D eigenvalue weighted by Gasteiger charge is -2.29. The molecule has 0 saturated carbocycles. The van der Waals surface area contributed by atoms with Crippen LogP contribution in [0.2, 0.25) is 0 Å². The summed E-state index contributed by atoms with van der Waals surface area (Å²) in [6, 6.07) is 32.5. The highest BCUT2D eigenvalue weighted by Crippen LogP contribution is 2.30. The first kappa shape index (κ1) is 20.4. The fraction of sp³-hybridized carbons (Fsp3) is 0.111. The molecule has 0 fully saturated rings. The Balaban J connectivity index is 1.60. The van der Waals surface area contributed by atoms with Gasteiger partial charge in [0.1, 0.15) is 5.69 Å². The van der Waals surface area contributed by atoms with Crippen LogP contribution in [-0.4, -0.2) is 21.7 Å². The van der Waals surface area contributed by atoms with Crippen molar-refractivity contribution in [2.45, 2.75) is 12.7 Å². The van der Waals surface area contributed by atoms with E-state index < -0.39 is 0 Å². The van der Waals surface area contributed by atoms with Gasteiger partial charge in [0, 0.05) is 5.39 Å². The third-order valence-corrected chi connectivity index (χ3v) is 6.53. The van der Waals surface area contributed by atoms with E-state index in [1.165, 1.54) is 11.1 Å². The zero-order chi connectivity index (χ0) is 21.9. The monoisotopic (exact) mass is 437 g/mol. The molecule has 5 rings (SSSR count). The average molecular weight is 438 g/mol. The molecule has 3 aromatic carbocycles. The Morgan fingerprint density at radius 3 is 2.00 bits per heavy atom. The highest BCUT2D eigenvalue weighted by molar-refractivity contribution is 7.13. The van der Waals surface area contributed by atoms with Gasteiger partial charge < -0.3 is 0 Å². The van der Waals surface area contributed by atoms with Crippen LogP contribution in [0.5, 0.6) is 0 Å². The minimum Gasteiger partial charge on any atom is -0.276 e. The Hall–Kier alpha value is -3.54. The summed E-state index contributed by atoms with van der Waals surface area (Å²) in [6.45, 7) is 0.372. The van der Waals surface area contributed by atoms with Crippen LogP contribution in [0.3, 0.4) is 0 Å². The summed E-state index contributed by atoms with van der Waals surface area (Å²) in [6.07, 6.45) is 0. The molecule has 0 spiro atoms. The van der Waals surface area contributed by atoms with Gasteiger partial charge in [-0.05, 0) is 35.7 Å². The second-order valence-electron chi connectivity index (χ2n) is 7.80. The second-order valence-corrected chi connectivity index (χ2v) is 8.75. The van der Waals surface area contributed by atoms with E-state index in [0.717, 1.165) is 16.0 Å². The molecule has 0 radical (unpaired) electrons. The zero-order valence-corrected chi connectivity index (χ0v) is 18.6. The standard InChI is InChI=1S/C27H23N3OS/c1-29(26(20-11-4-2-5-12-20)21-13-6-3-7-14-21)19-30-27(31)23-16-9-8-15-22(23)25(28-30)24-17-10-18-32-24/h2-18,26H,19H2,1H3. The molecule has 2 aromatic heterocycles. The molecule has 0 aliphatic heterocycles. The highest BCUT2D eigenvalue weighted by Gasteiger charge is 2.21. The number of hydrogen-bond acceptors (Lipinski definition) is 4. The summed E-state index contributed by atoms with van der Waals surface area (Å²) < 4.78 is 1.59. The van der Waals surface area contributed by atoms with Gasteiger partial charge in [0.2, 0.25) is 0 Å². The summed E-state index contributed by atoms with van der Waals surface area (Å²) in [4.78, 5) is 16.6. The maximum atomic E-state index is 13.4. The van der Waals surface area contributed by atoms with Gasteiger partial charge in [-0.25, -0.2) is 4.68 Å². The Morgan fingerprint density at radius 2 is 1.41 bits per heavy atom. The number of aromatic nitrogens is 2. The van der Waals surface area contributed by atoms with E-state index in [1.54, 1.807) is 16.0 Å². The normalized spacial score (nSPS) is 11.5. The molecule has 32 heavy (non-hydrogen) atoms. The Bertz CT molecular complexity index is 1340. The first-order valence-corrected chi connectivity index (χ1v) is 11.4. The zero-order valence-electron chi connectivity index (χ0n) is 17.8. The van der Waals surface area contributed by atoms with Crippen molar-refractivity contribution in [3.63, 3.8) is 0 Å². The minimum absolute atomic E-state index is 0.00255. The van der Waals surface area contributed by atoms with Gasteiger partial charge in [-0.15, -0.1) is 11.3 Å². The maximum absolute atomic E-state index is 13.4. The number of nitrogens with zero attached hydrogens (tertiary/aromatic N) is 3. The number of thiophene rings is 1. The number of hydrogen-bond donors (Lipinski definition) is 0. The van der Waals surface area contributed by atoms with Crippen LogP contribution in [0.1, 0.15) is 17.2 Å². The van der Waals surface area contributed by atoms with Crippen molar-refractivity contribution in [2.75, 3.05) is 7.05 Å². The van der Waals surface area contributed by atoms with E-state index in [1.807, 2.05) is 54.9 Å². The van der Waals surface area contributed by atoms with Crippen LogP contribution in [0.15, 0.2) is 107 Å². The first-order chi connectivity index (χ1) is 15.7. The molecule has 0 amide bonds. The molecular weight excluding hydrogens is 414 g/mol. The predicted octanol–water partition coefficient (Wildman–Crippen LogP) is 5.80. The summed E-state index contributed by atoms with van der Waals surface area (Å²) in [5.74, 6) is 0. The van der Waals surface area contributed by atoms with Gasteiger partial charge >= 0.3 is 0 Å². The van der Waals surface area contributed by atoms with Crippen molar-refractivity contribution in [3.8, 4) is 10.6 Å². The van der Waals surface area contributed by atoms with E-state index in [0.29, 0.717) is 12.1 Å². The summed E-state index contributed by atoms with van der Waals surface area (Å²) in [7, 11) is 2.04. The van der Waals surface area contributed by atoms with Crippen LogP contribution >= 0.6 is 11.3 Å².